The van der Waals surface area contributed by atoms with Crippen LogP contribution in [0.25, 0.3) is 11.1 Å². The molecule has 0 amide bonds. The van der Waals surface area contributed by atoms with Crippen LogP contribution in [-0.2, 0) is 16.6 Å². The van der Waals surface area contributed by atoms with Gasteiger partial charge in [-0.2, -0.15) is 0 Å². The van der Waals surface area contributed by atoms with E-state index in [4.69, 9.17) is 9.47 Å². The van der Waals surface area contributed by atoms with E-state index >= 15 is 0 Å². The number of anilines is 1. The minimum Gasteiger partial charge on any atom is -0.497 e. The van der Waals surface area contributed by atoms with Gasteiger partial charge in [-0.25, -0.2) is 8.42 Å². The Balaban J connectivity index is 1.94. The Morgan fingerprint density at radius 1 is 1.00 bits per heavy atom. The smallest absolute Gasteiger partial charge is 0.229 e. The third kappa shape index (κ3) is 4.04. The largest absolute Gasteiger partial charge is 0.497 e. The normalized spacial score (nSPS) is 14.6. The Kier molecular flexibility index (Phi) is 5.26. The molecule has 0 atom stereocenters. The fourth-order valence-corrected chi connectivity index (χ4v) is 4.29. The van der Waals surface area contributed by atoms with E-state index in [9.17, 15) is 8.42 Å². The van der Waals surface area contributed by atoms with E-state index in [1.165, 1.54) is 0 Å². The second-order valence-corrected chi connectivity index (χ2v) is 9.01. The second-order valence-electron chi connectivity index (χ2n) is 7.26. The van der Waals surface area contributed by atoms with Crippen LogP contribution in [0.15, 0.2) is 66.7 Å². The number of ether oxygens (including phenoxy) is 2. The lowest BCUT2D eigenvalue weighted by atomic mass is 9.88. The number of hydrogen-bond acceptors (Lipinski definition) is 4. The molecule has 0 fully saturated rings. The quantitative estimate of drug-likeness (QED) is 0.648. The van der Waals surface area contributed by atoms with Crippen molar-refractivity contribution in [3.63, 3.8) is 0 Å². The number of para-hydroxylation sites is 1. The number of rotatable bonds is 4. The SMILES string of the molecule is COc1ccc2c(c1)COc1ccccc1/C2=C(/C)c1cccc(NS(C)(=O)=O)c1. The zero-order valence-electron chi connectivity index (χ0n) is 17.1. The van der Waals surface area contributed by atoms with Crippen LogP contribution in [0.5, 0.6) is 11.5 Å². The zero-order chi connectivity index (χ0) is 21.3. The van der Waals surface area contributed by atoms with Gasteiger partial charge in [0, 0.05) is 16.8 Å². The van der Waals surface area contributed by atoms with Crippen molar-refractivity contribution in [2.24, 2.45) is 0 Å². The summed E-state index contributed by atoms with van der Waals surface area (Å²) in [5.41, 5.74) is 6.64. The van der Waals surface area contributed by atoms with Crippen LogP contribution in [0.1, 0.15) is 29.2 Å². The number of nitrogens with one attached hydrogen (secondary N) is 1. The van der Waals surface area contributed by atoms with E-state index in [0.29, 0.717) is 12.3 Å². The Hall–Kier alpha value is -3.25. The first-order valence-corrected chi connectivity index (χ1v) is 11.4. The van der Waals surface area contributed by atoms with Crippen LogP contribution in [0.3, 0.4) is 0 Å². The molecule has 1 heterocycles. The molecule has 0 saturated heterocycles. The van der Waals surface area contributed by atoms with E-state index in [1.54, 1.807) is 13.2 Å². The molecular weight excluding hydrogens is 398 g/mol. The van der Waals surface area contributed by atoms with Gasteiger partial charge in [0.05, 0.1) is 13.4 Å². The highest BCUT2D eigenvalue weighted by Crippen LogP contribution is 2.42. The molecular formula is C24H23NO4S. The van der Waals surface area contributed by atoms with E-state index in [0.717, 1.165) is 51.2 Å². The van der Waals surface area contributed by atoms with Crippen molar-refractivity contribution in [3.05, 3.63) is 89.0 Å². The van der Waals surface area contributed by atoms with Gasteiger partial charge >= 0.3 is 0 Å². The lowest BCUT2D eigenvalue weighted by Gasteiger charge is -2.16. The molecule has 1 aliphatic rings. The molecule has 0 spiro atoms. The number of allylic oxidation sites excluding steroid dienone is 1. The minimum absolute atomic E-state index is 0.440. The Morgan fingerprint density at radius 3 is 2.57 bits per heavy atom. The molecule has 0 saturated carbocycles. The Labute approximate surface area is 177 Å². The van der Waals surface area contributed by atoms with E-state index in [2.05, 4.69) is 10.8 Å². The van der Waals surface area contributed by atoms with Crippen molar-refractivity contribution in [1.29, 1.82) is 0 Å². The molecule has 0 bridgehead atoms. The molecule has 154 valence electrons. The molecule has 30 heavy (non-hydrogen) atoms. The topological polar surface area (TPSA) is 64.6 Å². The predicted molar refractivity (Wildman–Crippen MR) is 120 cm³/mol. The summed E-state index contributed by atoms with van der Waals surface area (Å²) in [5.74, 6) is 1.59. The van der Waals surface area contributed by atoms with E-state index in [-0.39, 0.29) is 0 Å². The lowest BCUT2D eigenvalue weighted by Crippen LogP contribution is -2.09. The zero-order valence-corrected chi connectivity index (χ0v) is 17.9. The molecule has 0 aromatic heterocycles. The van der Waals surface area contributed by atoms with Gasteiger partial charge in [-0.1, -0.05) is 36.4 Å². The van der Waals surface area contributed by atoms with Gasteiger partial charge in [0.1, 0.15) is 18.1 Å². The van der Waals surface area contributed by atoms with E-state index < -0.39 is 10.0 Å². The van der Waals surface area contributed by atoms with Crippen molar-refractivity contribution in [2.45, 2.75) is 13.5 Å². The molecule has 5 nitrogen and oxygen atoms in total. The lowest BCUT2D eigenvalue weighted by molar-refractivity contribution is 0.306. The van der Waals surface area contributed by atoms with Crippen molar-refractivity contribution in [3.8, 4) is 11.5 Å². The first-order chi connectivity index (χ1) is 14.4. The molecule has 4 rings (SSSR count). The molecule has 0 radical (unpaired) electrons. The van der Waals surface area contributed by atoms with Gasteiger partial charge in [0.2, 0.25) is 10.0 Å². The van der Waals surface area contributed by atoms with Crippen LogP contribution in [-0.4, -0.2) is 21.8 Å². The minimum atomic E-state index is -3.36. The monoisotopic (exact) mass is 421 g/mol. The highest BCUT2D eigenvalue weighted by Gasteiger charge is 2.22. The van der Waals surface area contributed by atoms with Crippen LogP contribution in [0.2, 0.25) is 0 Å². The fraction of sp³-hybridized carbons (Fsp3) is 0.167. The summed E-state index contributed by atoms with van der Waals surface area (Å²) in [5, 5.41) is 0. The summed E-state index contributed by atoms with van der Waals surface area (Å²) in [7, 11) is -1.71. The maximum Gasteiger partial charge on any atom is 0.229 e. The first kappa shape index (κ1) is 20.0. The first-order valence-electron chi connectivity index (χ1n) is 9.54. The van der Waals surface area contributed by atoms with Gasteiger partial charge in [0.25, 0.3) is 0 Å². The van der Waals surface area contributed by atoms with Gasteiger partial charge in [-0.3, -0.25) is 4.72 Å². The molecule has 3 aromatic rings. The van der Waals surface area contributed by atoms with Crippen molar-refractivity contribution >= 4 is 26.9 Å². The summed E-state index contributed by atoms with van der Waals surface area (Å²) in [6.07, 6.45) is 1.15. The van der Waals surface area contributed by atoms with Crippen LogP contribution >= 0.6 is 0 Å². The summed E-state index contributed by atoms with van der Waals surface area (Å²) >= 11 is 0. The van der Waals surface area contributed by atoms with Crippen molar-refractivity contribution < 1.29 is 17.9 Å². The number of sulfonamides is 1. The maximum absolute atomic E-state index is 11.7. The Bertz CT molecular complexity index is 1250. The third-order valence-corrected chi connectivity index (χ3v) is 5.70. The van der Waals surface area contributed by atoms with Gasteiger partial charge < -0.3 is 9.47 Å². The van der Waals surface area contributed by atoms with Gasteiger partial charge in [0.15, 0.2) is 0 Å². The molecule has 0 unspecified atom stereocenters. The number of methoxy groups -OCH3 is 1. The molecule has 6 heteroatoms. The second kappa shape index (κ2) is 7.88. The van der Waals surface area contributed by atoms with Crippen LogP contribution < -0.4 is 14.2 Å². The molecule has 1 N–H and O–H groups in total. The van der Waals surface area contributed by atoms with E-state index in [1.807, 2.05) is 61.5 Å². The summed E-state index contributed by atoms with van der Waals surface area (Å²) in [4.78, 5) is 0. The Morgan fingerprint density at radius 2 is 1.80 bits per heavy atom. The number of hydrogen-bond donors (Lipinski definition) is 1. The summed E-state index contributed by atoms with van der Waals surface area (Å²) in [6.45, 7) is 2.49. The average Bonchev–Trinajstić information content (AvgIpc) is 2.88. The van der Waals surface area contributed by atoms with Crippen LogP contribution in [0.4, 0.5) is 5.69 Å². The van der Waals surface area contributed by atoms with Gasteiger partial charge in [-0.15, -0.1) is 0 Å². The fourth-order valence-electron chi connectivity index (χ4n) is 3.74. The number of fused-ring (bicyclic) bond motifs is 2. The molecule has 3 aromatic carbocycles. The highest BCUT2D eigenvalue weighted by molar-refractivity contribution is 7.92. The summed E-state index contributed by atoms with van der Waals surface area (Å²) < 4.78 is 37.4. The molecule has 1 aliphatic heterocycles. The average molecular weight is 422 g/mol. The van der Waals surface area contributed by atoms with Crippen molar-refractivity contribution in [1.82, 2.24) is 0 Å². The summed E-state index contributed by atoms with van der Waals surface area (Å²) in [6, 6.07) is 21.4. The predicted octanol–water partition coefficient (Wildman–Crippen LogP) is 4.94. The van der Waals surface area contributed by atoms with Gasteiger partial charge in [-0.05, 0) is 59.5 Å². The van der Waals surface area contributed by atoms with Crippen molar-refractivity contribution in [2.75, 3.05) is 18.1 Å². The highest BCUT2D eigenvalue weighted by atomic mass is 32.2. The van der Waals surface area contributed by atoms with Crippen LogP contribution in [0, 0.1) is 0 Å². The maximum atomic E-state index is 11.7. The molecule has 0 aliphatic carbocycles. The number of benzene rings is 3. The third-order valence-electron chi connectivity index (χ3n) is 5.10. The standard InChI is InChI=1S/C24H23NO4S/c1-16(17-7-6-8-19(13-17)25-30(3,26)27)24-21-12-11-20(28-2)14-18(21)15-29-23-10-5-4-9-22(23)24/h4-14,25H,15H2,1-3H3/b24-16-.